The summed E-state index contributed by atoms with van der Waals surface area (Å²) in [7, 11) is 0. The van der Waals surface area contributed by atoms with Crippen molar-refractivity contribution in [3.05, 3.63) is 115 Å². The minimum absolute atomic E-state index is 1.22. The van der Waals surface area contributed by atoms with E-state index in [1.807, 2.05) is 12.1 Å². The van der Waals surface area contributed by atoms with Gasteiger partial charge in [-0.05, 0) is 22.3 Å². The third-order valence-corrected chi connectivity index (χ3v) is 3.65. The maximum absolute atomic E-state index is 4.47. The first-order valence-corrected chi connectivity index (χ1v) is 8.13. The molecule has 0 unspecified atom stereocenters. The fourth-order valence-electron chi connectivity index (χ4n) is 2.45. The van der Waals surface area contributed by atoms with Crippen LogP contribution in [0.2, 0.25) is 0 Å². The number of hydrogen-bond acceptors (Lipinski definition) is 2. The van der Waals surface area contributed by atoms with Crippen molar-refractivity contribution in [3.63, 3.8) is 0 Å². The van der Waals surface area contributed by atoms with E-state index < -0.39 is 0 Å². The summed E-state index contributed by atoms with van der Waals surface area (Å²) in [5.74, 6) is 0. The summed E-state index contributed by atoms with van der Waals surface area (Å²) in [5.41, 5.74) is 4.97. The third kappa shape index (κ3) is 5.05. The first-order chi connectivity index (χ1) is 12.4. The highest BCUT2D eigenvalue weighted by molar-refractivity contribution is 5.80. The molecule has 2 nitrogen and oxygen atoms in total. The first-order valence-electron chi connectivity index (χ1n) is 8.13. The van der Waals surface area contributed by atoms with Gasteiger partial charge in [0.2, 0.25) is 0 Å². The molecule has 3 aromatic carbocycles. The fourth-order valence-corrected chi connectivity index (χ4v) is 2.45. The predicted octanol–water partition coefficient (Wildman–Crippen LogP) is 6.20. The number of nitrogens with zero attached hydrogens (tertiary/aromatic N) is 1. The van der Waals surface area contributed by atoms with Gasteiger partial charge in [-0.15, -0.1) is 0 Å². The van der Waals surface area contributed by atoms with Crippen LogP contribution in [0.4, 0.5) is 0 Å². The molecule has 25 heavy (non-hydrogen) atoms. The van der Waals surface area contributed by atoms with Crippen molar-refractivity contribution in [2.24, 2.45) is 0 Å². The first kappa shape index (κ1) is 16.5. The largest absolute Gasteiger partial charge is 0.452 e. The zero-order valence-electron chi connectivity index (χ0n) is 13.8. The van der Waals surface area contributed by atoms with Crippen LogP contribution in [0.5, 0.6) is 0 Å². The Morgan fingerprint density at radius 3 is 2.00 bits per heavy atom. The molecule has 0 radical (unpaired) electrons. The van der Waals surface area contributed by atoms with Crippen molar-refractivity contribution in [2.75, 3.05) is 0 Å². The van der Waals surface area contributed by atoms with Crippen LogP contribution in [-0.2, 0) is 0 Å². The molecule has 0 spiro atoms. The van der Waals surface area contributed by atoms with Gasteiger partial charge in [0, 0.05) is 0 Å². The summed E-state index contributed by atoms with van der Waals surface area (Å²) >= 11 is 0. The second-order valence-corrected chi connectivity index (χ2v) is 5.37. The van der Waals surface area contributed by atoms with E-state index in [9.17, 15) is 0 Å². The summed E-state index contributed by atoms with van der Waals surface area (Å²) in [6, 6.07) is 29.4. The lowest BCUT2D eigenvalue weighted by Crippen LogP contribution is -1.82. The van der Waals surface area contributed by atoms with Crippen LogP contribution in [0.3, 0.4) is 0 Å². The second kappa shape index (κ2) is 9.04. The molecule has 0 saturated heterocycles. The molecule has 0 aliphatic carbocycles. The van der Waals surface area contributed by atoms with Crippen LogP contribution >= 0.6 is 0 Å². The fraction of sp³-hybridized carbons (Fsp3) is 0. The molecule has 1 aromatic heterocycles. The van der Waals surface area contributed by atoms with Crippen molar-refractivity contribution in [1.82, 2.24) is 4.98 Å². The number of oxazole rings is 1. The van der Waals surface area contributed by atoms with E-state index >= 15 is 0 Å². The van der Waals surface area contributed by atoms with Crippen molar-refractivity contribution in [3.8, 4) is 11.1 Å². The van der Waals surface area contributed by atoms with E-state index in [1.54, 1.807) is 6.20 Å². The molecule has 122 valence electrons. The van der Waals surface area contributed by atoms with Gasteiger partial charge in [0.05, 0.1) is 6.20 Å². The zero-order chi connectivity index (χ0) is 17.2. The van der Waals surface area contributed by atoms with Gasteiger partial charge in [0.25, 0.3) is 0 Å². The molecule has 0 aliphatic heterocycles. The highest BCUT2D eigenvalue weighted by Gasteiger charge is 2.00. The van der Waals surface area contributed by atoms with Crippen LogP contribution in [-0.4, -0.2) is 4.98 Å². The van der Waals surface area contributed by atoms with Gasteiger partial charge in [-0.2, -0.15) is 0 Å². The van der Waals surface area contributed by atoms with E-state index in [0.717, 1.165) is 0 Å². The van der Waals surface area contributed by atoms with Crippen molar-refractivity contribution >= 4 is 12.2 Å². The molecule has 0 N–H and O–H groups in total. The zero-order valence-corrected chi connectivity index (χ0v) is 13.8. The number of aromatic nitrogens is 1. The van der Waals surface area contributed by atoms with Crippen LogP contribution in [0.1, 0.15) is 11.1 Å². The summed E-state index contributed by atoms with van der Waals surface area (Å²) < 4.78 is 4.47. The molecule has 0 fully saturated rings. The van der Waals surface area contributed by atoms with E-state index in [0.29, 0.717) is 0 Å². The molecule has 0 aliphatic rings. The Bertz CT molecular complexity index is 865. The Morgan fingerprint density at radius 1 is 0.680 bits per heavy atom. The van der Waals surface area contributed by atoms with Gasteiger partial charge in [0.1, 0.15) is 6.26 Å². The van der Waals surface area contributed by atoms with Crippen LogP contribution in [0.15, 0.2) is 108 Å². The minimum atomic E-state index is 1.22. The molecule has 0 amide bonds. The normalized spacial score (nSPS) is 10.2. The Labute approximate surface area is 148 Å². The number of benzene rings is 3. The standard InChI is InChI=1S/C20H16.C3H3NO/c1-3-9-17(10-4-1)15-16-19-13-7-8-14-20(19)18-11-5-2-6-12-18;1-2-5-3-4-1/h1-16H;1-3H. The number of rotatable bonds is 3. The second-order valence-electron chi connectivity index (χ2n) is 5.37. The maximum atomic E-state index is 4.47. The van der Waals surface area contributed by atoms with E-state index in [1.165, 1.54) is 34.9 Å². The average molecular weight is 325 g/mol. The lowest BCUT2D eigenvalue weighted by molar-refractivity contribution is 0.558. The Hall–Kier alpha value is -3.39. The topological polar surface area (TPSA) is 26.0 Å². The summed E-state index contributed by atoms with van der Waals surface area (Å²) in [6.07, 6.45) is 8.80. The van der Waals surface area contributed by atoms with Crippen molar-refractivity contribution in [1.29, 1.82) is 0 Å². The van der Waals surface area contributed by atoms with Gasteiger partial charge >= 0.3 is 0 Å². The molecule has 4 rings (SSSR count). The molecule has 4 aromatic rings. The molecule has 0 atom stereocenters. The Morgan fingerprint density at radius 2 is 1.36 bits per heavy atom. The highest BCUT2D eigenvalue weighted by atomic mass is 16.3. The number of hydrogen-bond donors (Lipinski definition) is 0. The Balaban J connectivity index is 0.000000314. The van der Waals surface area contributed by atoms with Gasteiger partial charge in [-0.3, -0.25) is 0 Å². The van der Waals surface area contributed by atoms with Crippen molar-refractivity contribution < 1.29 is 4.42 Å². The smallest absolute Gasteiger partial charge is 0.180 e. The van der Waals surface area contributed by atoms with Gasteiger partial charge in [-0.1, -0.05) is 97.1 Å². The molecular formula is C23H19NO. The molecule has 0 bridgehead atoms. The molecular weight excluding hydrogens is 306 g/mol. The van der Waals surface area contributed by atoms with E-state index in [2.05, 4.69) is 94.3 Å². The van der Waals surface area contributed by atoms with Crippen LogP contribution in [0.25, 0.3) is 23.3 Å². The van der Waals surface area contributed by atoms with Crippen molar-refractivity contribution in [2.45, 2.75) is 0 Å². The quantitative estimate of drug-likeness (QED) is 0.419. The van der Waals surface area contributed by atoms with E-state index in [4.69, 9.17) is 0 Å². The van der Waals surface area contributed by atoms with E-state index in [-0.39, 0.29) is 0 Å². The highest BCUT2D eigenvalue weighted by Crippen LogP contribution is 2.24. The van der Waals surface area contributed by atoms with Gasteiger partial charge in [-0.25, -0.2) is 4.98 Å². The van der Waals surface area contributed by atoms with Gasteiger partial charge in [0.15, 0.2) is 6.39 Å². The SMILES string of the molecule is C(=Cc1ccccc1-c1ccccc1)c1ccccc1.c1cocn1. The Kier molecular flexibility index (Phi) is 5.95. The molecule has 2 heteroatoms. The average Bonchev–Trinajstić information content (AvgIpc) is 3.28. The lowest BCUT2D eigenvalue weighted by atomic mass is 9.99. The molecule has 1 heterocycles. The summed E-state index contributed by atoms with van der Waals surface area (Å²) in [6.45, 7) is 0. The lowest BCUT2D eigenvalue weighted by Gasteiger charge is -2.06. The van der Waals surface area contributed by atoms with Crippen LogP contribution in [0, 0.1) is 0 Å². The maximum Gasteiger partial charge on any atom is 0.180 e. The molecule has 0 saturated carbocycles. The van der Waals surface area contributed by atoms with Crippen LogP contribution < -0.4 is 0 Å². The third-order valence-electron chi connectivity index (χ3n) is 3.65. The predicted molar refractivity (Wildman–Crippen MR) is 104 cm³/mol. The van der Waals surface area contributed by atoms with Gasteiger partial charge < -0.3 is 4.42 Å². The monoisotopic (exact) mass is 325 g/mol. The minimum Gasteiger partial charge on any atom is -0.452 e. The summed E-state index contributed by atoms with van der Waals surface area (Å²) in [4.78, 5) is 3.56. The summed E-state index contributed by atoms with van der Waals surface area (Å²) in [5, 5.41) is 0.